The van der Waals surface area contributed by atoms with Gasteiger partial charge in [0.1, 0.15) is 0 Å². The van der Waals surface area contributed by atoms with E-state index in [4.69, 9.17) is 0 Å². The van der Waals surface area contributed by atoms with Crippen molar-refractivity contribution in [2.45, 2.75) is 42.9 Å². The number of carbonyl (C=O) groups is 1. The van der Waals surface area contributed by atoms with Crippen LogP contribution >= 0.6 is 36.6 Å². The van der Waals surface area contributed by atoms with Crippen molar-refractivity contribution in [2.75, 3.05) is 38.5 Å². The summed E-state index contributed by atoms with van der Waals surface area (Å²) in [4.78, 5) is 17.0. The molecule has 4 nitrogen and oxygen atoms in total. The molecule has 13 heteroatoms. The Morgan fingerprint density at radius 3 is 2.29 bits per heavy atom. The van der Waals surface area contributed by atoms with Gasteiger partial charge in [-0.3, -0.25) is 4.79 Å². The smallest absolute Gasteiger partial charge is 0.332 e. The number of thioether (sulfide) groups is 1. The number of nitrogens with zero attached hydrogens (tertiary/aromatic N) is 2. The molecule has 0 radical (unpaired) electrons. The second-order valence-electron chi connectivity index (χ2n) is 10.8. The first-order valence-electron chi connectivity index (χ1n) is 14.1. The zero-order valence-corrected chi connectivity index (χ0v) is 26.5. The normalized spacial score (nSPS) is 18.8. The number of rotatable bonds is 5. The summed E-state index contributed by atoms with van der Waals surface area (Å²) in [6.07, 6.45) is -8.07. The van der Waals surface area contributed by atoms with Crippen LogP contribution in [0.15, 0.2) is 60.7 Å². The average molecular weight is 693 g/mol. The lowest BCUT2D eigenvalue weighted by Crippen LogP contribution is -2.54. The van der Waals surface area contributed by atoms with Gasteiger partial charge in [-0.1, -0.05) is 48.4 Å². The summed E-state index contributed by atoms with van der Waals surface area (Å²) in [5.41, 5.74) is -2.72. The van der Waals surface area contributed by atoms with Crippen molar-refractivity contribution >= 4 is 53.3 Å². The fourth-order valence-electron chi connectivity index (χ4n) is 5.57. The molecule has 244 valence electrons. The van der Waals surface area contributed by atoms with Gasteiger partial charge in [0, 0.05) is 61.8 Å². The number of nitrogens with one attached hydrogen (secondary N) is 1. The Bertz CT molecular complexity index is 1480. The molecule has 2 heterocycles. The van der Waals surface area contributed by atoms with Gasteiger partial charge in [0.05, 0.1) is 17.2 Å². The van der Waals surface area contributed by atoms with Crippen LogP contribution in [0.25, 0.3) is 10.8 Å². The Morgan fingerprint density at radius 1 is 0.933 bits per heavy atom. The fraction of sp³-hybridized carbons (Fsp3) is 0.406. The Balaban J connectivity index is 0.00000276. The molecular formula is C32H33Cl2F6N3OS. The molecule has 0 spiro atoms. The van der Waals surface area contributed by atoms with E-state index in [1.165, 1.54) is 4.90 Å². The Hall–Kier alpha value is -2.78. The molecule has 0 aromatic heterocycles. The van der Waals surface area contributed by atoms with Crippen molar-refractivity contribution in [1.29, 1.82) is 0 Å². The van der Waals surface area contributed by atoms with Gasteiger partial charge in [0.2, 0.25) is 0 Å². The van der Waals surface area contributed by atoms with Gasteiger partial charge in [0.15, 0.2) is 0 Å². The minimum absolute atomic E-state index is 0. The van der Waals surface area contributed by atoms with Crippen LogP contribution in [0.2, 0.25) is 0 Å². The molecule has 0 saturated carbocycles. The lowest BCUT2D eigenvalue weighted by Gasteiger charge is -2.40. The second kappa shape index (κ2) is 15.7. The molecule has 0 aliphatic carbocycles. The number of carbonyl (C=O) groups excluding carboxylic acids is 1. The van der Waals surface area contributed by atoms with Crippen LogP contribution in [-0.2, 0) is 18.8 Å². The highest BCUT2D eigenvalue weighted by molar-refractivity contribution is 8.00. The largest absolute Gasteiger partial charge is 0.416 e. The van der Waals surface area contributed by atoms with Gasteiger partial charge in [-0.25, -0.2) is 0 Å². The van der Waals surface area contributed by atoms with E-state index < -0.39 is 41.0 Å². The van der Waals surface area contributed by atoms with Crippen LogP contribution in [0.4, 0.5) is 26.3 Å². The summed E-state index contributed by atoms with van der Waals surface area (Å²) in [7, 11) is 0. The molecule has 3 aromatic rings. The second-order valence-corrected chi connectivity index (χ2v) is 12.2. The third-order valence-corrected chi connectivity index (χ3v) is 9.06. The van der Waals surface area contributed by atoms with Gasteiger partial charge < -0.3 is 15.1 Å². The highest BCUT2D eigenvalue weighted by Gasteiger charge is 2.39. The van der Waals surface area contributed by atoms with E-state index >= 15 is 0 Å². The van der Waals surface area contributed by atoms with Gasteiger partial charge in [0.25, 0.3) is 5.91 Å². The van der Waals surface area contributed by atoms with Crippen molar-refractivity contribution in [3.05, 3.63) is 82.9 Å². The summed E-state index contributed by atoms with van der Waals surface area (Å²) in [5.74, 6) is 3.43. The van der Waals surface area contributed by atoms with Crippen LogP contribution in [0.1, 0.15) is 39.9 Å². The van der Waals surface area contributed by atoms with Crippen molar-refractivity contribution in [3.63, 3.8) is 0 Å². The zero-order valence-electron chi connectivity index (χ0n) is 24.1. The topological polar surface area (TPSA) is 35.6 Å². The molecule has 45 heavy (non-hydrogen) atoms. The first-order valence-corrected chi connectivity index (χ1v) is 15.2. The van der Waals surface area contributed by atoms with E-state index in [0.29, 0.717) is 43.3 Å². The number of fused-ring (bicyclic) bond motifs is 1. The molecule has 5 rings (SSSR count). The van der Waals surface area contributed by atoms with Gasteiger partial charge in [-0.2, -0.15) is 38.1 Å². The predicted molar refractivity (Wildman–Crippen MR) is 171 cm³/mol. The van der Waals surface area contributed by atoms with Crippen molar-refractivity contribution < 1.29 is 31.1 Å². The van der Waals surface area contributed by atoms with Crippen LogP contribution in [0.5, 0.6) is 0 Å². The first-order chi connectivity index (χ1) is 20.5. The fourth-order valence-corrected chi connectivity index (χ4v) is 6.69. The molecular weight excluding hydrogens is 659 g/mol. The molecule has 2 aliphatic heterocycles. The van der Waals surface area contributed by atoms with Crippen LogP contribution in [-0.4, -0.2) is 65.5 Å². The number of hydrogen-bond acceptors (Lipinski definition) is 4. The lowest BCUT2D eigenvalue weighted by molar-refractivity contribution is -0.143. The SMILES string of the molecule is Cl.Cl.O=C(c1cc(C(F)(F)F)cc(C(F)(F)F)c1)N1CCN(C#CCCC2CNCCS2)CC1Cc1cccc2ccccc12. The third kappa shape index (κ3) is 9.38. The Morgan fingerprint density at radius 2 is 1.62 bits per heavy atom. The minimum Gasteiger partial charge on any atom is -0.332 e. The van der Waals surface area contributed by atoms with Crippen molar-refractivity contribution in [2.24, 2.45) is 0 Å². The lowest BCUT2D eigenvalue weighted by atomic mass is 9.96. The van der Waals surface area contributed by atoms with E-state index in [9.17, 15) is 31.1 Å². The standard InChI is InChI=1S/C32H31F6N3OS.2ClH/c33-31(34,35)25-16-24(17-26(19-25)32(36,37)38)30(42)41-14-13-40(12-4-3-9-28-20-39-11-15-43-28)21-27(41)18-23-8-5-7-22-6-1-2-10-29(22)23;;/h1-2,5-8,10,16-17,19,27-28,39H,3,9,11,13-15,18,20-21H2;2*1H. The summed E-state index contributed by atoms with van der Waals surface area (Å²) in [5, 5.41) is 5.85. The highest BCUT2D eigenvalue weighted by Crippen LogP contribution is 2.37. The van der Waals surface area contributed by atoms with E-state index in [1.54, 1.807) is 0 Å². The molecule has 2 saturated heterocycles. The number of hydrogen-bond donors (Lipinski definition) is 1. The van der Waals surface area contributed by atoms with Crippen molar-refractivity contribution in [1.82, 2.24) is 15.1 Å². The van der Waals surface area contributed by atoms with E-state index in [0.717, 1.165) is 41.6 Å². The summed E-state index contributed by atoms with van der Waals surface area (Å²) in [6.45, 7) is 2.71. The number of halogens is 8. The Kier molecular flexibility index (Phi) is 12.8. The molecule has 1 amide bonds. The van der Waals surface area contributed by atoms with Gasteiger partial charge in [-0.05, 0) is 47.4 Å². The summed E-state index contributed by atoms with van der Waals surface area (Å²) >= 11 is 1.93. The third-order valence-electron chi connectivity index (χ3n) is 7.75. The number of alkyl halides is 6. The molecule has 1 N–H and O–H groups in total. The maximum absolute atomic E-state index is 13.7. The van der Waals surface area contributed by atoms with Gasteiger partial charge in [-0.15, -0.1) is 24.8 Å². The number of piperazine rings is 1. The summed E-state index contributed by atoms with van der Waals surface area (Å²) in [6, 6.07) is 17.2. The number of benzene rings is 3. The molecule has 2 aliphatic rings. The summed E-state index contributed by atoms with van der Waals surface area (Å²) < 4.78 is 81.3. The number of amides is 1. The maximum atomic E-state index is 13.7. The first kappa shape index (κ1) is 36.7. The van der Waals surface area contributed by atoms with Crippen molar-refractivity contribution in [3.8, 4) is 12.0 Å². The van der Waals surface area contributed by atoms with E-state index in [-0.39, 0.29) is 37.4 Å². The van der Waals surface area contributed by atoms with Crippen LogP contribution < -0.4 is 5.32 Å². The van der Waals surface area contributed by atoms with Crippen LogP contribution in [0, 0.1) is 12.0 Å². The monoisotopic (exact) mass is 691 g/mol. The Labute approximate surface area is 275 Å². The maximum Gasteiger partial charge on any atom is 0.416 e. The minimum atomic E-state index is -5.04. The molecule has 2 fully saturated rings. The molecule has 3 aromatic carbocycles. The van der Waals surface area contributed by atoms with Crippen LogP contribution in [0.3, 0.4) is 0 Å². The molecule has 0 bridgehead atoms. The predicted octanol–water partition coefficient (Wildman–Crippen LogP) is 7.54. The zero-order chi connectivity index (χ0) is 30.6. The van der Waals surface area contributed by atoms with Gasteiger partial charge >= 0.3 is 12.4 Å². The molecule has 2 atom stereocenters. The highest BCUT2D eigenvalue weighted by atomic mass is 35.5. The molecule has 2 unspecified atom stereocenters. The average Bonchev–Trinajstić information content (AvgIpc) is 2.99. The van der Waals surface area contributed by atoms with E-state index in [2.05, 4.69) is 17.3 Å². The quantitative estimate of drug-likeness (QED) is 0.222. The van der Waals surface area contributed by atoms with E-state index in [1.807, 2.05) is 59.1 Å².